The number of carbonyl (C=O) groups is 1. The van der Waals surface area contributed by atoms with Gasteiger partial charge in [-0.05, 0) is 37.0 Å². The SMILES string of the molecule is C=CCc1ccc(OCC(=O)N2CCCC(N)C2)c(OC)c1. The molecular formula is C17H24N2O3. The molecule has 1 fully saturated rings. The number of nitrogens with two attached hydrogens (primary N) is 1. The molecule has 5 nitrogen and oxygen atoms in total. The topological polar surface area (TPSA) is 64.8 Å². The van der Waals surface area contributed by atoms with E-state index in [1.807, 2.05) is 24.3 Å². The molecule has 1 aromatic rings. The van der Waals surface area contributed by atoms with Crippen molar-refractivity contribution in [3.8, 4) is 11.5 Å². The predicted molar refractivity (Wildman–Crippen MR) is 86.2 cm³/mol. The number of piperidine rings is 1. The van der Waals surface area contributed by atoms with Crippen LogP contribution in [0.2, 0.25) is 0 Å². The maximum atomic E-state index is 12.2. The number of hydrogen-bond donors (Lipinski definition) is 1. The fraction of sp³-hybridized carbons (Fsp3) is 0.471. The van der Waals surface area contributed by atoms with E-state index in [2.05, 4.69) is 6.58 Å². The first-order valence-corrected chi connectivity index (χ1v) is 7.58. The number of ether oxygens (including phenoxy) is 2. The molecule has 2 N–H and O–H groups in total. The van der Waals surface area contributed by atoms with E-state index in [0.29, 0.717) is 18.0 Å². The summed E-state index contributed by atoms with van der Waals surface area (Å²) in [5.41, 5.74) is 6.99. The molecule has 0 saturated carbocycles. The zero-order valence-electron chi connectivity index (χ0n) is 13.1. The van der Waals surface area contributed by atoms with E-state index in [0.717, 1.165) is 31.4 Å². The average molecular weight is 304 g/mol. The van der Waals surface area contributed by atoms with Crippen LogP contribution in [0.25, 0.3) is 0 Å². The standard InChI is InChI=1S/C17H24N2O3/c1-3-5-13-7-8-15(16(10-13)21-2)22-12-17(20)19-9-4-6-14(18)11-19/h3,7-8,10,14H,1,4-6,9,11-12,18H2,2H3. The molecule has 1 atom stereocenters. The van der Waals surface area contributed by atoms with Crippen LogP contribution in [0.5, 0.6) is 11.5 Å². The third kappa shape index (κ3) is 4.24. The minimum absolute atomic E-state index is 0.00385. The summed E-state index contributed by atoms with van der Waals surface area (Å²) in [6, 6.07) is 5.75. The highest BCUT2D eigenvalue weighted by atomic mass is 16.5. The highest BCUT2D eigenvalue weighted by Gasteiger charge is 2.21. The fourth-order valence-electron chi connectivity index (χ4n) is 2.59. The molecule has 22 heavy (non-hydrogen) atoms. The quantitative estimate of drug-likeness (QED) is 0.813. The summed E-state index contributed by atoms with van der Waals surface area (Å²) in [4.78, 5) is 13.9. The summed E-state index contributed by atoms with van der Waals surface area (Å²) in [6.07, 6.45) is 4.52. The lowest BCUT2D eigenvalue weighted by Gasteiger charge is -2.30. The van der Waals surface area contributed by atoms with Crippen LogP contribution < -0.4 is 15.2 Å². The predicted octanol–water partition coefficient (Wildman–Crippen LogP) is 1.75. The summed E-state index contributed by atoms with van der Waals surface area (Å²) >= 11 is 0. The second-order valence-electron chi connectivity index (χ2n) is 5.51. The minimum Gasteiger partial charge on any atom is -0.493 e. The Labute approximate surface area is 131 Å². The number of benzene rings is 1. The number of carbonyl (C=O) groups excluding carboxylic acids is 1. The van der Waals surface area contributed by atoms with E-state index in [1.54, 1.807) is 12.0 Å². The Morgan fingerprint density at radius 2 is 2.32 bits per heavy atom. The first kappa shape index (κ1) is 16.4. The number of allylic oxidation sites excluding steroid dienone is 1. The van der Waals surface area contributed by atoms with Gasteiger partial charge in [-0.25, -0.2) is 0 Å². The third-order valence-electron chi connectivity index (χ3n) is 3.77. The molecule has 1 unspecified atom stereocenters. The van der Waals surface area contributed by atoms with Gasteiger partial charge in [0.05, 0.1) is 7.11 Å². The van der Waals surface area contributed by atoms with Crippen LogP contribution in [0.4, 0.5) is 0 Å². The van der Waals surface area contributed by atoms with E-state index >= 15 is 0 Å². The van der Waals surface area contributed by atoms with Crippen LogP contribution in [-0.4, -0.2) is 43.7 Å². The number of methoxy groups -OCH3 is 1. The van der Waals surface area contributed by atoms with Gasteiger partial charge in [0.1, 0.15) is 0 Å². The molecule has 0 bridgehead atoms. The van der Waals surface area contributed by atoms with Gasteiger partial charge >= 0.3 is 0 Å². The summed E-state index contributed by atoms with van der Waals surface area (Å²) in [6.45, 7) is 5.09. The molecule has 1 amide bonds. The third-order valence-corrected chi connectivity index (χ3v) is 3.77. The molecule has 1 aliphatic rings. The monoisotopic (exact) mass is 304 g/mol. The van der Waals surface area contributed by atoms with Crippen LogP contribution in [0, 0.1) is 0 Å². The first-order valence-electron chi connectivity index (χ1n) is 7.58. The number of amides is 1. The number of hydrogen-bond acceptors (Lipinski definition) is 4. The van der Waals surface area contributed by atoms with Crippen LogP contribution in [0.15, 0.2) is 30.9 Å². The van der Waals surface area contributed by atoms with Crippen molar-refractivity contribution < 1.29 is 14.3 Å². The fourth-order valence-corrected chi connectivity index (χ4v) is 2.59. The van der Waals surface area contributed by atoms with Crippen molar-refractivity contribution in [1.29, 1.82) is 0 Å². The molecule has 0 spiro atoms. The van der Waals surface area contributed by atoms with Crippen molar-refractivity contribution in [2.75, 3.05) is 26.8 Å². The smallest absolute Gasteiger partial charge is 0.260 e. The van der Waals surface area contributed by atoms with Crippen molar-refractivity contribution in [1.82, 2.24) is 4.90 Å². The van der Waals surface area contributed by atoms with Crippen molar-refractivity contribution in [3.63, 3.8) is 0 Å². The first-order chi connectivity index (χ1) is 10.6. The van der Waals surface area contributed by atoms with Crippen molar-refractivity contribution >= 4 is 5.91 Å². The normalized spacial score (nSPS) is 17.9. The van der Waals surface area contributed by atoms with Gasteiger partial charge in [0.25, 0.3) is 5.91 Å². The number of rotatable bonds is 6. The van der Waals surface area contributed by atoms with E-state index in [9.17, 15) is 4.79 Å². The number of nitrogens with zero attached hydrogens (tertiary/aromatic N) is 1. The highest BCUT2D eigenvalue weighted by molar-refractivity contribution is 5.78. The molecule has 0 aromatic heterocycles. The van der Waals surface area contributed by atoms with Crippen LogP contribution in [-0.2, 0) is 11.2 Å². The van der Waals surface area contributed by atoms with Gasteiger partial charge in [-0.3, -0.25) is 4.79 Å². The lowest BCUT2D eigenvalue weighted by Crippen LogP contribution is -2.47. The maximum Gasteiger partial charge on any atom is 0.260 e. The summed E-state index contributed by atoms with van der Waals surface area (Å²) in [7, 11) is 1.59. The van der Waals surface area contributed by atoms with Gasteiger partial charge in [0, 0.05) is 19.1 Å². The van der Waals surface area contributed by atoms with Gasteiger partial charge in [-0.2, -0.15) is 0 Å². The molecule has 120 valence electrons. The van der Waals surface area contributed by atoms with Crippen LogP contribution >= 0.6 is 0 Å². The summed E-state index contributed by atoms with van der Waals surface area (Å²) in [5.74, 6) is 1.17. The van der Waals surface area contributed by atoms with Crippen LogP contribution in [0.1, 0.15) is 18.4 Å². The minimum atomic E-state index is -0.0348. The maximum absolute atomic E-state index is 12.2. The zero-order valence-corrected chi connectivity index (χ0v) is 13.1. The van der Waals surface area contributed by atoms with Gasteiger partial charge in [0.15, 0.2) is 18.1 Å². The van der Waals surface area contributed by atoms with Gasteiger partial charge in [0.2, 0.25) is 0 Å². The molecule has 5 heteroatoms. The van der Waals surface area contributed by atoms with E-state index < -0.39 is 0 Å². The molecule has 1 aromatic carbocycles. The largest absolute Gasteiger partial charge is 0.493 e. The Balaban J connectivity index is 1.95. The van der Waals surface area contributed by atoms with Gasteiger partial charge in [-0.1, -0.05) is 12.1 Å². The Morgan fingerprint density at radius 3 is 3.00 bits per heavy atom. The molecule has 0 radical (unpaired) electrons. The van der Waals surface area contributed by atoms with Crippen molar-refractivity contribution in [2.24, 2.45) is 5.73 Å². The number of likely N-dealkylation sites (tertiary alicyclic amines) is 1. The molecule has 0 aliphatic carbocycles. The molecule has 1 heterocycles. The molecule has 2 rings (SSSR count). The molecular weight excluding hydrogens is 280 g/mol. The molecule has 1 saturated heterocycles. The highest BCUT2D eigenvalue weighted by Crippen LogP contribution is 2.28. The van der Waals surface area contributed by atoms with Gasteiger partial charge in [-0.15, -0.1) is 6.58 Å². The molecule has 1 aliphatic heterocycles. The van der Waals surface area contributed by atoms with E-state index in [1.165, 1.54) is 0 Å². The second kappa shape index (κ2) is 7.84. The zero-order chi connectivity index (χ0) is 15.9. The van der Waals surface area contributed by atoms with Crippen molar-refractivity contribution in [3.05, 3.63) is 36.4 Å². The average Bonchev–Trinajstić information content (AvgIpc) is 2.53. The second-order valence-corrected chi connectivity index (χ2v) is 5.51. The summed E-state index contributed by atoms with van der Waals surface area (Å²) < 4.78 is 11.0. The van der Waals surface area contributed by atoms with Gasteiger partial charge < -0.3 is 20.1 Å². The van der Waals surface area contributed by atoms with E-state index in [4.69, 9.17) is 15.2 Å². The van der Waals surface area contributed by atoms with Crippen LogP contribution in [0.3, 0.4) is 0 Å². The van der Waals surface area contributed by atoms with E-state index in [-0.39, 0.29) is 18.6 Å². The Morgan fingerprint density at radius 1 is 1.50 bits per heavy atom. The Bertz CT molecular complexity index is 531. The Kier molecular flexibility index (Phi) is 5.83. The lowest BCUT2D eigenvalue weighted by atomic mass is 10.1. The summed E-state index contributed by atoms with van der Waals surface area (Å²) in [5, 5.41) is 0. The Hall–Kier alpha value is -2.01. The lowest BCUT2D eigenvalue weighted by molar-refractivity contribution is -0.134. The van der Waals surface area contributed by atoms with Crippen molar-refractivity contribution in [2.45, 2.75) is 25.3 Å².